The molecule has 0 N–H and O–H groups in total. The van der Waals surface area contributed by atoms with E-state index in [-0.39, 0.29) is 0 Å². The third kappa shape index (κ3) is 3.33. The fourth-order valence-corrected chi connectivity index (χ4v) is 2.92. The zero-order chi connectivity index (χ0) is 16.2. The highest BCUT2D eigenvalue weighted by Gasteiger charge is 2.10. The van der Waals surface area contributed by atoms with Crippen molar-refractivity contribution >= 4 is 23.0 Å². The zero-order valence-electron chi connectivity index (χ0n) is 12.7. The van der Waals surface area contributed by atoms with Crippen LogP contribution < -0.4 is 4.74 Å². The molecule has 2 heterocycles. The van der Waals surface area contributed by atoms with Crippen LogP contribution in [0.1, 0.15) is 16.5 Å². The summed E-state index contributed by atoms with van der Waals surface area (Å²) in [5.41, 5.74) is 2.26. The van der Waals surface area contributed by atoms with E-state index in [1.165, 1.54) is 11.3 Å². The highest BCUT2D eigenvalue weighted by atomic mass is 32.1. The van der Waals surface area contributed by atoms with E-state index in [1.54, 1.807) is 13.2 Å². The van der Waals surface area contributed by atoms with Crippen molar-refractivity contribution in [2.45, 2.75) is 6.92 Å². The van der Waals surface area contributed by atoms with Crippen molar-refractivity contribution in [2.75, 3.05) is 7.11 Å². The molecular formula is C18H14N2O2S. The number of aromatic nitrogens is 1. The lowest BCUT2D eigenvalue weighted by Crippen LogP contribution is -1.85. The van der Waals surface area contributed by atoms with E-state index in [0.717, 1.165) is 22.8 Å². The Labute approximate surface area is 138 Å². The van der Waals surface area contributed by atoms with Crippen LogP contribution in [0, 0.1) is 18.3 Å². The lowest BCUT2D eigenvalue weighted by Gasteiger charge is -2.01. The Morgan fingerprint density at radius 2 is 2.22 bits per heavy atom. The predicted molar refractivity (Wildman–Crippen MR) is 91.0 cm³/mol. The molecule has 0 saturated heterocycles. The molecule has 0 unspecified atom stereocenters. The monoisotopic (exact) mass is 322 g/mol. The van der Waals surface area contributed by atoms with Crippen molar-refractivity contribution < 1.29 is 9.15 Å². The average molecular weight is 322 g/mol. The number of furan rings is 1. The van der Waals surface area contributed by atoms with E-state index in [9.17, 15) is 5.26 Å². The van der Waals surface area contributed by atoms with Gasteiger partial charge in [-0.3, -0.25) is 0 Å². The highest BCUT2D eigenvalue weighted by molar-refractivity contribution is 7.11. The molecule has 5 heteroatoms. The van der Waals surface area contributed by atoms with Gasteiger partial charge in [0.05, 0.1) is 18.4 Å². The van der Waals surface area contributed by atoms with Crippen molar-refractivity contribution in [3.63, 3.8) is 0 Å². The third-order valence-corrected chi connectivity index (χ3v) is 4.14. The summed E-state index contributed by atoms with van der Waals surface area (Å²) in [6, 6.07) is 13.6. The molecule has 2 aromatic heterocycles. The fourth-order valence-electron chi connectivity index (χ4n) is 2.13. The maximum atomic E-state index is 9.40. The van der Waals surface area contributed by atoms with Gasteiger partial charge in [-0.1, -0.05) is 12.1 Å². The van der Waals surface area contributed by atoms with Gasteiger partial charge in [0.25, 0.3) is 0 Å². The van der Waals surface area contributed by atoms with Gasteiger partial charge in [-0.15, -0.1) is 11.3 Å². The number of ether oxygens (including phenoxy) is 1. The summed E-state index contributed by atoms with van der Waals surface area (Å²) in [5, 5.41) is 12.0. The molecule has 0 spiro atoms. The molecule has 114 valence electrons. The van der Waals surface area contributed by atoms with E-state index < -0.39 is 0 Å². The van der Waals surface area contributed by atoms with Gasteiger partial charge in [0, 0.05) is 17.0 Å². The van der Waals surface area contributed by atoms with Crippen LogP contribution in [-0.4, -0.2) is 12.1 Å². The second-order valence-corrected chi connectivity index (χ2v) is 5.75. The van der Waals surface area contributed by atoms with Crippen LogP contribution in [0.5, 0.6) is 5.75 Å². The Bertz CT molecular complexity index is 900. The number of hydrogen-bond acceptors (Lipinski definition) is 5. The summed E-state index contributed by atoms with van der Waals surface area (Å²) in [5.74, 6) is 2.24. The molecule has 0 atom stereocenters. The van der Waals surface area contributed by atoms with Crippen LogP contribution >= 0.6 is 11.3 Å². The first kappa shape index (κ1) is 15.1. The first-order valence-corrected chi connectivity index (χ1v) is 7.86. The highest BCUT2D eigenvalue weighted by Crippen LogP contribution is 2.29. The number of aryl methyl sites for hydroxylation is 1. The Morgan fingerprint density at radius 3 is 2.91 bits per heavy atom. The van der Waals surface area contributed by atoms with Gasteiger partial charge in [0.15, 0.2) is 0 Å². The number of rotatable bonds is 4. The Hall–Kier alpha value is -2.84. The molecule has 3 rings (SSSR count). The standard InChI is InChI=1S/C18H14N2O2S/c1-12-6-7-16(22-12)9-14(10-19)18-20-17(11-23-18)13-4-3-5-15(8-13)21-2/h3-9,11H,1-2H3/b14-9-. The predicted octanol–water partition coefficient (Wildman–Crippen LogP) is 4.78. The van der Waals surface area contributed by atoms with E-state index in [0.29, 0.717) is 16.3 Å². The number of hydrogen-bond donors (Lipinski definition) is 0. The van der Waals surface area contributed by atoms with E-state index in [4.69, 9.17) is 9.15 Å². The first-order chi connectivity index (χ1) is 11.2. The second kappa shape index (κ2) is 6.51. The topological polar surface area (TPSA) is 59.0 Å². The minimum atomic E-state index is 0.485. The van der Waals surface area contributed by atoms with E-state index in [1.807, 2.05) is 48.7 Å². The molecule has 0 aliphatic heterocycles. The summed E-state index contributed by atoms with van der Waals surface area (Å²) in [7, 11) is 1.63. The maximum Gasteiger partial charge on any atom is 0.134 e. The van der Waals surface area contributed by atoms with Gasteiger partial charge in [0.1, 0.15) is 28.3 Å². The van der Waals surface area contributed by atoms with Crippen LogP contribution in [-0.2, 0) is 0 Å². The van der Waals surface area contributed by atoms with Gasteiger partial charge >= 0.3 is 0 Å². The molecule has 0 aliphatic carbocycles. The minimum absolute atomic E-state index is 0.485. The van der Waals surface area contributed by atoms with Crippen molar-refractivity contribution in [1.29, 1.82) is 5.26 Å². The molecule has 0 fully saturated rings. The Kier molecular flexibility index (Phi) is 4.26. The largest absolute Gasteiger partial charge is 0.497 e. The van der Waals surface area contributed by atoms with Crippen LogP contribution in [0.15, 0.2) is 46.2 Å². The maximum absolute atomic E-state index is 9.40. The Morgan fingerprint density at radius 1 is 1.35 bits per heavy atom. The fraction of sp³-hybridized carbons (Fsp3) is 0.111. The SMILES string of the molecule is COc1cccc(-c2csc(/C(C#N)=C\c3ccc(C)o3)n2)c1. The van der Waals surface area contributed by atoms with Gasteiger partial charge < -0.3 is 9.15 Å². The van der Waals surface area contributed by atoms with Gasteiger partial charge in [-0.05, 0) is 31.2 Å². The molecule has 23 heavy (non-hydrogen) atoms. The second-order valence-electron chi connectivity index (χ2n) is 4.89. The van der Waals surface area contributed by atoms with Crippen LogP contribution in [0.4, 0.5) is 0 Å². The number of thiazole rings is 1. The summed E-state index contributed by atoms with van der Waals surface area (Å²) >= 11 is 1.43. The molecule has 3 aromatic rings. The Balaban J connectivity index is 1.94. The third-order valence-electron chi connectivity index (χ3n) is 3.27. The van der Waals surface area contributed by atoms with Crippen LogP contribution in [0.25, 0.3) is 22.9 Å². The summed E-state index contributed by atoms with van der Waals surface area (Å²) in [6.45, 7) is 1.87. The molecule has 4 nitrogen and oxygen atoms in total. The summed E-state index contributed by atoms with van der Waals surface area (Å²) < 4.78 is 10.7. The number of methoxy groups -OCH3 is 1. The van der Waals surface area contributed by atoms with E-state index >= 15 is 0 Å². The summed E-state index contributed by atoms with van der Waals surface area (Å²) in [4.78, 5) is 4.56. The number of benzene rings is 1. The molecular weight excluding hydrogens is 308 g/mol. The van der Waals surface area contributed by atoms with Crippen molar-refractivity contribution in [2.24, 2.45) is 0 Å². The van der Waals surface area contributed by atoms with E-state index in [2.05, 4.69) is 11.1 Å². The molecule has 0 radical (unpaired) electrons. The molecule has 1 aromatic carbocycles. The number of nitriles is 1. The summed E-state index contributed by atoms with van der Waals surface area (Å²) in [6.07, 6.45) is 1.71. The van der Waals surface area contributed by atoms with Gasteiger partial charge in [-0.25, -0.2) is 4.98 Å². The molecule has 0 amide bonds. The normalized spacial score (nSPS) is 11.3. The van der Waals surface area contributed by atoms with Gasteiger partial charge in [0.2, 0.25) is 0 Å². The molecule has 0 bridgehead atoms. The van der Waals surface area contributed by atoms with Crippen molar-refractivity contribution in [1.82, 2.24) is 4.98 Å². The first-order valence-electron chi connectivity index (χ1n) is 6.98. The quantitative estimate of drug-likeness (QED) is 0.648. The molecule has 0 saturated carbocycles. The van der Waals surface area contributed by atoms with Crippen molar-refractivity contribution in [3.8, 4) is 23.1 Å². The lowest BCUT2D eigenvalue weighted by molar-refractivity contribution is 0.415. The van der Waals surface area contributed by atoms with Crippen LogP contribution in [0.2, 0.25) is 0 Å². The zero-order valence-corrected chi connectivity index (χ0v) is 13.6. The lowest BCUT2D eigenvalue weighted by atomic mass is 10.1. The number of allylic oxidation sites excluding steroid dienone is 1. The minimum Gasteiger partial charge on any atom is -0.497 e. The molecule has 0 aliphatic rings. The van der Waals surface area contributed by atoms with Crippen LogP contribution in [0.3, 0.4) is 0 Å². The van der Waals surface area contributed by atoms with Crippen molar-refractivity contribution in [3.05, 3.63) is 58.3 Å². The number of nitrogens with zero attached hydrogens (tertiary/aromatic N) is 2. The average Bonchev–Trinajstić information content (AvgIpc) is 3.22. The van der Waals surface area contributed by atoms with Gasteiger partial charge in [-0.2, -0.15) is 5.26 Å². The smallest absolute Gasteiger partial charge is 0.134 e.